The van der Waals surface area contributed by atoms with Crippen LogP contribution < -0.4 is 10.5 Å². The average molecular weight is 325 g/mol. The lowest BCUT2D eigenvalue weighted by atomic mass is 10.3. The Morgan fingerprint density at radius 3 is 2.59 bits per heavy atom. The Labute approximate surface area is 106 Å². The van der Waals surface area contributed by atoms with Crippen LogP contribution >= 0.6 is 15.9 Å². The number of rotatable bonds is 4. The van der Waals surface area contributed by atoms with Crippen LogP contribution in [0.5, 0.6) is 0 Å². The van der Waals surface area contributed by atoms with E-state index < -0.39 is 32.7 Å². The standard InChI is InChI=1S/C9H10BrFN2O3S/c1-5(9(12)14)13-17(15,16)8-3-2-6(10)4-7(8)11/h2-5,13H,1H3,(H2,12,14)/t5-/m0/s1. The third-order valence-electron chi connectivity index (χ3n) is 1.94. The summed E-state index contributed by atoms with van der Waals surface area (Å²) < 4.78 is 39.2. The molecule has 1 atom stereocenters. The number of hydrogen-bond acceptors (Lipinski definition) is 3. The van der Waals surface area contributed by atoms with Crippen LogP contribution in [0.15, 0.2) is 27.6 Å². The first-order chi connectivity index (χ1) is 7.74. The largest absolute Gasteiger partial charge is 0.368 e. The molecule has 0 aliphatic rings. The Morgan fingerprint density at radius 2 is 2.12 bits per heavy atom. The second-order valence-electron chi connectivity index (χ2n) is 3.32. The lowest BCUT2D eigenvalue weighted by Gasteiger charge is -2.11. The highest BCUT2D eigenvalue weighted by molar-refractivity contribution is 9.10. The quantitative estimate of drug-likeness (QED) is 0.856. The fraction of sp³-hybridized carbons (Fsp3) is 0.222. The van der Waals surface area contributed by atoms with Crippen molar-refractivity contribution in [1.82, 2.24) is 4.72 Å². The molecule has 3 N–H and O–H groups in total. The zero-order chi connectivity index (χ0) is 13.2. The summed E-state index contributed by atoms with van der Waals surface area (Å²) in [6.45, 7) is 1.27. The summed E-state index contributed by atoms with van der Waals surface area (Å²) in [5.41, 5.74) is 4.92. The number of sulfonamides is 1. The molecule has 0 bridgehead atoms. The van der Waals surface area contributed by atoms with Crippen LogP contribution in [0.4, 0.5) is 4.39 Å². The molecule has 0 aliphatic heterocycles. The van der Waals surface area contributed by atoms with E-state index in [9.17, 15) is 17.6 Å². The smallest absolute Gasteiger partial charge is 0.244 e. The molecule has 0 fully saturated rings. The van der Waals surface area contributed by atoms with Gasteiger partial charge in [0.1, 0.15) is 10.7 Å². The molecule has 1 rings (SSSR count). The third kappa shape index (κ3) is 3.48. The minimum absolute atomic E-state index is 0.414. The molecule has 1 aromatic rings. The number of benzene rings is 1. The van der Waals surface area contributed by atoms with Crippen molar-refractivity contribution in [3.63, 3.8) is 0 Å². The van der Waals surface area contributed by atoms with Gasteiger partial charge in [-0.15, -0.1) is 0 Å². The first-order valence-electron chi connectivity index (χ1n) is 4.51. The maximum absolute atomic E-state index is 13.4. The highest BCUT2D eigenvalue weighted by Gasteiger charge is 2.23. The number of nitrogens with two attached hydrogens (primary N) is 1. The van der Waals surface area contributed by atoms with E-state index in [-0.39, 0.29) is 0 Å². The van der Waals surface area contributed by atoms with Gasteiger partial charge < -0.3 is 5.73 Å². The average Bonchev–Trinajstić information content (AvgIpc) is 2.15. The summed E-state index contributed by atoms with van der Waals surface area (Å²) >= 11 is 3.01. The van der Waals surface area contributed by atoms with Crippen LogP contribution in [-0.2, 0) is 14.8 Å². The second-order valence-corrected chi connectivity index (χ2v) is 5.92. The van der Waals surface area contributed by atoms with Gasteiger partial charge in [-0.3, -0.25) is 4.79 Å². The molecule has 0 radical (unpaired) electrons. The Balaban J connectivity index is 3.10. The summed E-state index contributed by atoms with van der Waals surface area (Å²) in [6.07, 6.45) is 0. The summed E-state index contributed by atoms with van der Waals surface area (Å²) in [7, 11) is -4.10. The van der Waals surface area contributed by atoms with Crippen LogP contribution in [0.1, 0.15) is 6.92 Å². The minimum Gasteiger partial charge on any atom is -0.368 e. The van der Waals surface area contributed by atoms with Gasteiger partial charge in [0, 0.05) is 4.47 Å². The third-order valence-corrected chi connectivity index (χ3v) is 4.01. The number of amides is 1. The maximum Gasteiger partial charge on any atom is 0.244 e. The Hall–Kier alpha value is -0.990. The van der Waals surface area contributed by atoms with Gasteiger partial charge in [0.2, 0.25) is 15.9 Å². The van der Waals surface area contributed by atoms with Crippen LogP contribution in [-0.4, -0.2) is 20.4 Å². The van der Waals surface area contributed by atoms with Crippen molar-refractivity contribution in [2.45, 2.75) is 17.9 Å². The lowest BCUT2D eigenvalue weighted by molar-refractivity contribution is -0.119. The van der Waals surface area contributed by atoms with Crippen molar-refractivity contribution in [2.75, 3.05) is 0 Å². The van der Waals surface area contributed by atoms with Crippen molar-refractivity contribution >= 4 is 31.9 Å². The molecule has 8 heteroatoms. The SMILES string of the molecule is C[C@H](NS(=O)(=O)c1ccc(Br)cc1F)C(N)=O. The van der Waals surface area contributed by atoms with E-state index in [4.69, 9.17) is 5.73 Å². The monoisotopic (exact) mass is 324 g/mol. The van der Waals surface area contributed by atoms with Crippen LogP contribution in [0, 0.1) is 5.82 Å². The van der Waals surface area contributed by atoms with E-state index in [0.717, 1.165) is 12.1 Å². The van der Waals surface area contributed by atoms with Crippen molar-refractivity contribution < 1.29 is 17.6 Å². The van der Waals surface area contributed by atoms with Gasteiger partial charge in [-0.05, 0) is 25.1 Å². The Morgan fingerprint density at radius 1 is 1.53 bits per heavy atom. The summed E-state index contributed by atoms with van der Waals surface area (Å²) in [6, 6.07) is 2.38. The number of halogens is 2. The molecule has 5 nitrogen and oxygen atoms in total. The van der Waals surface area contributed by atoms with Crippen molar-refractivity contribution in [1.29, 1.82) is 0 Å². The van der Waals surface area contributed by atoms with Crippen molar-refractivity contribution in [3.8, 4) is 0 Å². The molecule has 0 spiro atoms. The number of hydrogen-bond donors (Lipinski definition) is 2. The molecule has 0 saturated heterocycles. The first-order valence-corrected chi connectivity index (χ1v) is 6.78. The van der Waals surface area contributed by atoms with Gasteiger partial charge in [0.15, 0.2) is 0 Å². The van der Waals surface area contributed by atoms with Gasteiger partial charge in [0.05, 0.1) is 6.04 Å². The van der Waals surface area contributed by atoms with E-state index in [1.165, 1.54) is 13.0 Å². The topological polar surface area (TPSA) is 89.3 Å². The molecular weight excluding hydrogens is 315 g/mol. The van der Waals surface area contributed by atoms with Crippen molar-refractivity contribution in [3.05, 3.63) is 28.5 Å². The number of nitrogens with one attached hydrogen (secondary N) is 1. The fourth-order valence-corrected chi connectivity index (χ4v) is 2.65. The van der Waals surface area contributed by atoms with Gasteiger partial charge in [-0.1, -0.05) is 15.9 Å². The van der Waals surface area contributed by atoms with Gasteiger partial charge in [-0.25, -0.2) is 12.8 Å². The molecular formula is C9H10BrFN2O3S. The zero-order valence-electron chi connectivity index (χ0n) is 8.78. The van der Waals surface area contributed by atoms with E-state index >= 15 is 0 Å². The molecule has 94 valence electrons. The molecule has 0 heterocycles. The zero-order valence-corrected chi connectivity index (χ0v) is 11.2. The van der Waals surface area contributed by atoms with Crippen molar-refractivity contribution in [2.24, 2.45) is 5.73 Å². The first kappa shape index (κ1) is 14.1. The Kier molecular flexibility index (Phi) is 4.23. The fourth-order valence-electron chi connectivity index (χ4n) is 1.05. The normalized spacial score (nSPS) is 13.4. The molecule has 0 unspecified atom stereocenters. The minimum atomic E-state index is -4.10. The highest BCUT2D eigenvalue weighted by Crippen LogP contribution is 2.19. The Bertz CT molecular complexity index is 547. The molecule has 1 aromatic carbocycles. The number of primary amides is 1. The van der Waals surface area contributed by atoms with Gasteiger partial charge in [-0.2, -0.15) is 4.72 Å². The number of carbonyl (C=O) groups excluding carboxylic acids is 1. The van der Waals surface area contributed by atoms with Crippen LogP contribution in [0.25, 0.3) is 0 Å². The highest BCUT2D eigenvalue weighted by atomic mass is 79.9. The summed E-state index contributed by atoms with van der Waals surface area (Å²) in [5, 5.41) is 0. The predicted octanol–water partition coefficient (Wildman–Crippen LogP) is 0.740. The lowest BCUT2D eigenvalue weighted by Crippen LogP contribution is -2.42. The van der Waals surface area contributed by atoms with E-state index in [2.05, 4.69) is 15.9 Å². The second kappa shape index (κ2) is 5.11. The maximum atomic E-state index is 13.4. The van der Waals surface area contributed by atoms with Crippen LogP contribution in [0.3, 0.4) is 0 Å². The van der Waals surface area contributed by atoms with Crippen LogP contribution in [0.2, 0.25) is 0 Å². The summed E-state index contributed by atoms with van der Waals surface area (Å²) in [5.74, 6) is -1.75. The van der Waals surface area contributed by atoms with E-state index in [0.29, 0.717) is 4.47 Å². The molecule has 17 heavy (non-hydrogen) atoms. The van der Waals surface area contributed by atoms with E-state index in [1.54, 1.807) is 0 Å². The molecule has 0 aromatic heterocycles. The van der Waals surface area contributed by atoms with Gasteiger partial charge in [0.25, 0.3) is 0 Å². The van der Waals surface area contributed by atoms with Gasteiger partial charge >= 0.3 is 0 Å². The summed E-state index contributed by atoms with van der Waals surface area (Å²) in [4.78, 5) is 10.2. The van der Waals surface area contributed by atoms with E-state index in [1.807, 2.05) is 4.72 Å². The molecule has 0 aliphatic carbocycles. The molecule has 0 saturated carbocycles. The predicted molar refractivity (Wildman–Crippen MR) is 63.1 cm³/mol. The number of carbonyl (C=O) groups is 1. The molecule has 1 amide bonds.